The summed E-state index contributed by atoms with van der Waals surface area (Å²) in [5.41, 5.74) is 4.69. The number of carbonyl (C=O) groups is 3. The van der Waals surface area contributed by atoms with Gasteiger partial charge in [0, 0.05) is 0 Å². The maximum Gasteiger partial charge on any atom is 0.376 e. The number of rotatable bonds is 4. The third-order valence-corrected chi connectivity index (χ3v) is 1.15. The van der Waals surface area contributed by atoms with E-state index in [1.54, 1.807) is 0 Å². The summed E-state index contributed by atoms with van der Waals surface area (Å²) >= 11 is 0. The number of primary amides is 1. The molecule has 13 heavy (non-hydrogen) atoms. The Hall–Kier alpha value is -1.90. The second kappa shape index (κ2) is 4.87. The van der Waals surface area contributed by atoms with Gasteiger partial charge in [0.05, 0.1) is 12.7 Å². The van der Waals surface area contributed by atoms with E-state index in [1.165, 1.54) is 13.0 Å². The molecule has 0 heterocycles. The molecule has 0 bridgehead atoms. The Labute approximate surface area is 74.3 Å². The van der Waals surface area contributed by atoms with Gasteiger partial charge in [-0.3, -0.25) is 9.59 Å². The second-order valence-corrected chi connectivity index (χ2v) is 2.05. The fourth-order valence-corrected chi connectivity index (χ4v) is 0.572. The Kier molecular flexibility index (Phi) is 4.16. The van der Waals surface area contributed by atoms with Gasteiger partial charge >= 0.3 is 5.97 Å². The first kappa shape index (κ1) is 11.1. The van der Waals surface area contributed by atoms with Crippen LogP contribution in [0.3, 0.4) is 0 Å². The SMILES string of the molecule is CCOC(=O)C(=O)C(C#N)C(N)=O. The van der Waals surface area contributed by atoms with Crippen molar-refractivity contribution in [1.82, 2.24) is 0 Å². The summed E-state index contributed by atoms with van der Waals surface area (Å²) in [4.78, 5) is 32.1. The summed E-state index contributed by atoms with van der Waals surface area (Å²) in [6, 6.07) is 1.32. The molecule has 0 saturated heterocycles. The molecular weight excluding hydrogens is 176 g/mol. The molecule has 0 aromatic rings. The van der Waals surface area contributed by atoms with E-state index in [4.69, 9.17) is 11.0 Å². The Morgan fingerprint density at radius 1 is 1.54 bits per heavy atom. The molecule has 0 aliphatic carbocycles. The van der Waals surface area contributed by atoms with Gasteiger partial charge in [-0.2, -0.15) is 5.26 Å². The van der Waals surface area contributed by atoms with Gasteiger partial charge < -0.3 is 10.5 Å². The molecule has 0 fully saturated rings. The number of hydrogen-bond donors (Lipinski definition) is 1. The molecule has 2 N–H and O–H groups in total. The quantitative estimate of drug-likeness (QED) is 0.333. The molecule has 6 nitrogen and oxygen atoms in total. The minimum absolute atomic E-state index is 0.00147. The number of nitrogens with two attached hydrogens (primary N) is 1. The van der Waals surface area contributed by atoms with Crippen LogP contribution in [0.1, 0.15) is 6.92 Å². The van der Waals surface area contributed by atoms with Crippen LogP contribution in [0.2, 0.25) is 0 Å². The van der Waals surface area contributed by atoms with E-state index in [-0.39, 0.29) is 6.61 Å². The first-order chi connectivity index (χ1) is 6.04. The van der Waals surface area contributed by atoms with Gasteiger partial charge in [0.1, 0.15) is 0 Å². The highest BCUT2D eigenvalue weighted by molar-refractivity contribution is 6.39. The zero-order valence-electron chi connectivity index (χ0n) is 6.94. The third kappa shape index (κ3) is 2.91. The van der Waals surface area contributed by atoms with Crippen molar-refractivity contribution in [2.45, 2.75) is 6.92 Å². The van der Waals surface area contributed by atoms with Crippen molar-refractivity contribution in [3.63, 3.8) is 0 Å². The van der Waals surface area contributed by atoms with Gasteiger partial charge in [-0.05, 0) is 6.92 Å². The van der Waals surface area contributed by atoms with Crippen LogP contribution in [0, 0.1) is 17.2 Å². The van der Waals surface area contributed by atoms with E-state index in [9.17, 15) is 14.4 Å². The molecule has 1 amide bonds. The summed E-state index contributed by atoms with van der Waals surface area (Å²) in [7, 11) is 0. The monoisotopic (exact) mass is 184 g/mol. The van der Waals surface area contributed by atoms with Crippen LogP contribution in [0.25, 0.3) is 0 Å². The molecule has 0 saturated carbocycles. The van der Waals surface area contributed by atoms with Crippen LogP contribution in [-0.2, 0) is 19.1 Å². The van der Waals surface area contributed by atoms with E-state index in [0.717, 1.165) is 0 Å². The van der Waals surface area contributed by atoms with Crippen LogP contribution in [0.4, 0.5) is 0 Å². The molecule has 0 aromatic heterocycles. The Bertz CT molecular complexity index is 279. The fraction of sp³-hybridized carbons (Fsp3) is 0.429. The molecule has 0 rings (SSSR count). The number of ketones is 1. The van der Waals surface area contributed by atoms with Crippen LogP contribution < -0.4 is 5.73 Å². The Morgan fingerprint density at radius 2 is 2.08 bits per heavy atom. The zero-order chi connectivity index (χ0) is 10.4. The molecule has 0 radical (unpaired) electrons. The van der Waals surface area contributed by atoms with Crippen molar-refractivity contribution in [2.24, 2.45) is 11.7 Å². The number of nitriles is 1. The summed E-state index contributed by atoms with van der Waals surface area (Å²) < 4.78 is 4.29. The van der Waals surface area contributed by atoms with Gasteiger partial charge in [0.2, 0.25) is 5.91 Å². The van der Waals surface area contributed by atoms with Gasteiger partial charge in [-0.1, -0.05) is 0 Å². The summed E-state index contributed by atoms with van der Waals surface area (Å²) in [6.07, 6.45) is 0. The first-order valence-electron chi connectivity index (χ1n) is 3.44. The maximum absolute atomic E-state index is 10.9. The molecule has 0 aliphatic rings. The number of hydrogen-bond acceptors (Lipinski definition) is 5. The molecule has 1 unspecified atom stereocenters. The van der Waals surface area contributed by atoms with Crippen LogP contribution >= 0.6 is 0 Å². The lowest BCUT2D eigenvalue weighted by Gasteiger charge is -2.02. The molecule has 0 spiro atoms. The van der Waals surface area contributed by atoms with Gasteiger partial charge in [0.25, 0.3) is 5.78 Å². The van der Waals surface area contributed by atoms with Crippen molar-refractivity contribution in [3.05, 3.63) is 0 Å². The first-order valence-corrected chi connectivity index (χ1v) is 3.44. The number of ether oxygens (including phenoxy) is 1. The zero-order valence-corrected chi connectivity index (χ0v) is 6.94. The van der Waals surface area contributed by atoms with E-state index >= 15 is 0 Å². The molecular formula is C7H8N2O4. The normalized spacial score (nSPS) is 11.1. The van der Waals surface area contributed by atoms with Crippen molar-refractivity contribution < 1.29 is 19.1 Å². The van der Waals surface area contributed by atoms with Crippen molar-refractivity contribution >= 4 is 17.7 Å². The minimum Gasteiger partial charge on any atom is -0.460 e. The highest BCUT2D eigenvalue weighted by atomic mass is 16.5. The average Bonchev–Trinajstić information content (AvgIpc) is 2.05. The molecule has 6 heteroatoms. The summed E-state index contributed by atoms with van der Waals surface area (Å²) in [5.74, 6) is -5.34. The van der Waals surface area contributed by atoms with E-state index in [2.05, 4.69) is 4.74 Å². The standard InChI is InChI=1S/C7H8N2O4/c1-2-13-7(12)5(10)4(3-8)6(9)11/h4H,2H2,1H3,(H2,9,11). The van der Waals surface area contributed by atoms with Crippen molar-refractivity contribution in [1.29, 1.82) is 5.26 Å². The van der Waals surface area contributed by atoms with Gasteiger partial charge in [-0.25, -0.2) is 4.79 Å². The highest BCUT2D eigenvalue weighted by Crippen LogP contribution is 1.97. The van der Waals surface area contributed by atoms with Crippen molar-refractivity contribution in [2.75, 3.05) is 6.61 Å². The van der Waals surface area contributed by atoms with E-state index in [0.29, 0.717) is 0 Å². The van der Waals surface area contributed by atoms with E-state index < -0.39 is 23.6 Å². The lowest BCUT2D eigenvalue weighted by atomic mass is 10.1. The summed E-state index contributed by atoms with van der Waals surface area (Å²) in [5, 5.41) is 8.30. The fourth-order valence-electron chi connectivity index (χ4n) is 0.572. The van der Waals surface area contributed by atoms with Gasteiger partial charge in [0.15, 0.2) is 5.92 Å². The number of esters is 1. The Morgan fingerprint density at radius 3 is 2.38 bits per heavy atom. The van der Waals surface area contributed by atoms with E-state index in [1.807, 2.05) is 0 Å². The maximum atomic E-state index is 10.9. The average molecular weight is 184 g/mol. The smallest absolute Gasteiger partial charge is 0.376 e. The van der Waals surface area contributed by atoms with Crippen LogP contribution in [0.5, 0.6) is 0 Å². The largest absolute Gasteiger partial charge is 0.460 e. The summed E-state index contributed by atoms with van der Waals surface area (Å²) in [6.45, 7) is 1.50. The molecule has 70 valence electrons. The highest BCUT2D eigenvalue weighted by Gasteiger charge is 2.30. The number of amides is 1. The predicted octanol–water partition coefficient (Wildman–Crippen LogP) is -1.26. The molecule has 1 atom stereocenters. The Balaban J connectivity index is 4.49. The lowest BCUT2D eigenvalue weighted by molar-refractivity contribution is -0.155. The van der Waals surface area contributed by atoms with Crippen LogP contribution in [-0.4, -0.2) is 24.3 Å². The van der Waals surface area contributed by atoms with Crippen molar-refractivity contribution in [3.8, 4) is 6.07 Å². The number of nitrogens with zero attached hydrogens (tertiary/aromatic N) is 1. The van der Waals surface area contributed by atoms with Gasteiger partial charge in [-0.15, -0.1) is 0 Å². The van der Waals surface area contributed by atoms with Crippen LogP contribution in [0.15, 0.2) is 0 Å². The topological polar surface area (TPSA) is 110 Å². The minimum atomic E-state index is -1.75. The molecule has 0 aromatic carbocycles. The second-order valence-electron chi connectivity index (χ2n) is 2.05. The predicted molar refractivity (Wildman–Crippen MR) is 39.9 cm³/mol. The third-order valence-electron chi connectivity index (χ3n) is 1.15. The molecule has 0 aliphatic heterocycles. The number of Topliss-reactive ketones (excluding diaryl/α,β-unsaturated/α-hetero) is 1. The lowest BCUT2D eigenvalue weighted by Crippen LogP contribution is -2.34. The number of carbonyl (C=O) groups excluding carboxylic acids is 3.